The SMILES string of the molecule is COCC[C@@]1(O)CCN(C(=O)c2ccccc2N2CCOCC2)C[C@@H]1C. The van der Waals surface area contributed by atoms with Crippen LogP contribution in [0.5, 0.6) is 0 Å². The maximum Gasteiger partial charge on any atom is 0.255 e. The van der Waals surface area contributed by atoms with Crippen LogP contribution >= 0.6 is 0 Å². The summed E-state index contributed by atoms with van der Waals surface area (Å²) in [4.78, 5) is 17.3. The van der Waals surface area contributed by atoms with Crippen LogP contribution in [0.15, 0.2) is 24.3 Å². The number of likely N-dealkylation sites (tertiary alicyclic amines) is 1. The fourth-order valence-corrected chi connectivity index (χ4v) is 3.91. The molecule has 144 valence electrons. The average Bonchev–Trinajstić information content (AvgIpc) is 2.69. The lowest BCUT2D eigenvalue weighted by atomic mass is 9.79. The first-order valence-electron chi connectivity index (χ1n) is 9.47. The molecule has 1 N–H and O–H groups in total. The number of carbonyl (C=O) groups is 1. The van der Waals surface area contributed by atoms with Crippen LogP contribution in [0.4, 0.5) is 5.69 Å². The number of methoxy groups -OCH3 is 1. The molecule has 1 aromatic carbocycles. The summed E-state index contributed by atoms with van der Waals surface area (Å²) in [6, 6.07) is 7.81. The Morgan fingerprint density at radius 3 is 2.73 bits per heavy atom. The average molecular weight is 362 g/mol. The largest absolute Gasteiger partial charge is 0.389 e. The van der Waals surface area contributed by atoms with Crippen LogP contribution in [0.3, 0.4) is 0 Å². The Morgan fingerprint density at radius 1 is 1.31 bits per heavy atom. The monoisotopic (exact) mass is 362 g/mol. The number of ether oxygens (including phenoxy) is 2. The van der Waals surface area contributed by atoms with Crippen molar-refractivity contribution in [1.29, 1.82) is 0 Å². The molecule has 0 radical (unpaired) electrons. The van der Waals surface area contributed by atoms with Crippen LogP contribution in [-0.4, -0.2) is 74.6 Å². The van der Waals surface area contributed by atoms with Crippen molar-refractivity contribution in [2.24, 2.45) is 5.92 Å². The van der Waals surface area contributed by atoms with Gasteiger partial charge in [0, 0.05) is 51.5 Å². The van der Waals surface area contributed by atoms with Gasteiger partial charge in [0.25, 0.3) is 5.91 Å². The Hall–Kier alpha value is -1.63. The van der Waals surface area contributed by atoms with Crippen molar-refractivity contribution in [1.82, 2.24) is 4.90 Å². The second kappa shape index (κ2) is 8.37. The molecular weight excluding hydrogens is 332 g/mol. The molecule has 2 aliphatic rings. The van der Waals surface area contributed by atoms with Gasteiger partial charge in [0.1, 0.15) is 0 Å². The zero-order valence-corrected chi connectivity index (χ0v) is 15.8. The number of rotatable bonds is 5. The first-order chi connectivity index (χ1) is 12.5. The highest BCUT2D eigenvalue weighted by atomic mass is 16.5. The Balaban J connectivity index is 1.72. The van der Waals surface area contributed by atoms with Gasteiger partial charge in [0.15, 0.2) is 0 Å². The summed E-state index contributed by atoms with van der Waals surface area (Å²) in [7, 11) is 1.65. The van der Waals surface area contributed by atoms with E-state index in [1.54, 1.807) is 7.11 Å². The Morgan fingerprint density at radius 2 is 2.04 bits per heavy atom. The van der Waals surface area contributed by atoms with Gasteiger partial charge in [-0.1, -0.05) is 19.1 Å². The summed E-state index contributed by atoms with van der Waals surface area (Å²) in [5, 5.41) is 10.9. The highest BCUT2D eigenvalue weighted by Crippen LogP contribution is 2.32. The highest BCUT2D eigenvalue weighted by Gasteiger charge is 2.40. The minimum Gasteiger partial charge on any atom is -0.389 e. The summed E-state index contributed by atoms with van der Waals surface area (Å²) in [5.74, 6) is 0.0682. The molecule has 0 bridgehead atoms. The summed E-state index contributed by atoms with van der Waals surface area (Å²) < 4.78 is 10.6. The number of anilines is 1. The number of piperidine rings is 1. The van der Waals surface area contributed by atoms with Gasteiger partial charge in [0.2, 0.25) is 0 Å². The van der Waals surface area contributed by atoms with Gasteiger partial charge in [-0.2, -0.15) is 0 Å². The van der Waals surface area contributed by atoms with Crippen molar-refractivity contribution in [2.45, 2.75) is 25.4 Å². The van der Waals surface area contributed by atoms with Gasteiger partial charge in [-0.15, -0.1) is 0 Å². The zero-order chi connectivity index (χ0) is 18.6. The Kier molecular flexibility index (Phi) is 6.16. The predicted molar refractivity (Wildman–Crippen MR) is 101 cm³/mol. The number of para-hydroxylation sites is 1. The van der Waals surface area contributed by atoms with Crippen LogP contribution in [0, 0.1) is 5.92 Å². The normalized spacial score (nSPS) is 26.8. The van der Waals surface area contributed by atoms with Crippen molar-refractivity contribution in [3.8, 4) is 0 Å². The van der Waals surface area contributed by atoms with Crippen molar-refractivity contribution < 1.29 is 19.4 Å². The molecule has 2 aliphatic heterocycles. The smallest absolute Gasteiger partial charge is 0.255 e. The van der Waals surface area contributed by atoms with E-state index < -0.39 is 5.60 Å². The molecule has 6 nitrogen and oxygen atoms in total. The van der Waals surface area contributed by atoms with Gasteiger partial charge in [0.05, 0.1) is 24.4 Å². The van der Waals surface area contributed by atoms with Crippen LogP contribution in [-0.2, 0) is 9.47 Å². The van der Waals surface area contributed by atoms with Crippen molar-refractivity contribution in [2.75, 3.05) is 58.0 Å². The number of nitrogens with zero attached hydrogens (tertiary/aromatic N) is 2. The second-order valence-electron chi connectivity index (χ2n) is 7.37. The third-order valence-electron chi connectivity index (χ3n) is 5.74. The van der Waals surface area contributed by atoms with Gasteiger partial charge in [-0.25, -0.2) is 0 Å². The van der Waals surface area contributed by atoms with Crippen molar-refractivity contribution in [3.63, 3.8) is 0 Å². The fourth-order valence-electron chi connectivity index (χ4n) is 3.91. The molecular formula is C20H30N2O4. The molecule has 1 aromatic rings. The number of benzene rings is 1. The molecule has 2 heterocycles. The van der Waals surface area contributed by atoms with Crippen molar-refractivity contribution >= 4 is 11.6 Å². The maximum absolute atomic E-state index is 13.2. The molecule has 26 heavy (non-hydrogen) atoms. The van der Waals surface area contributed by atoms with Crippen LogP contribution < -0.4 is 4.90 Å². The van der Waals surface area contributed by atoms with Crippen LogP contribution in [0.2, 0.25) is 0 Å². The molecule has 3 rings (SSSR count). The first-order valence-corrected chi connectivity index (χ1v) is 9.47. The van der Waals surface area contributed by atoms with E-state index in [0.29, 0.717) is 45.8 Å². The van der Waals surface area contributed by atoms with E-state index in [9.17, 15) is 9.90 Å². The predicted octanol–water partition coefficient (Wildman–Crippen LogP) is 1.77. The molecule has 6 heteroatoms. The van der Waals surface area contributed by atoms with E-state index in [0.717, 1.165) is 24.3 Å². The molecule has 1 amide bonds. The first kappa shape index (κ1) is 19.1. The number of morpholine rings is 1. The minimum atomic E-state index is -0.753. The fraction of sp³-hybridized carbons (Fsp3) is 0.650. The molecule has 0 spiro atoms. The summed E-state index contributed by atoms with van der Waals surface area (Å²) >= 11 is 0. The zero-order valence-electron chi connectivity index (χ0n) is 15.8. The molecule has 0 unspecified atom stereocenters. The maximum atomic E-state index is 13.2. The number of hydrogen-bond donors (Lipinski definition) is 1. The lowest BCUT2D eigenvalue weighted by molar-refractivity contribution is -0.0750. The molecule has 0 saturated carbocycles. The number of hydrogen-bond acceptors (Lipinski definition) is 5. The van der Waals surface area contributed by atoms with Crippen molar-refractivity contribution in [3.05, 3.63) is 29.8 Å². The van der Waals surface area contributed by atoms with E-state index in [1.165, 1.54) is 0 Å². The third-order valence-corrected chi connectivity index (χ3v) is 5.74. The van der Waals surface area contributed by atoms with Gasteiger partial charge >= 0.3 is 0 Å². The number of carbonyl (C=O) groups excluding carboxylic acids is 1. The van der Waals surface area contributed by atoms with E-state index in [4.69, 9.17) is 9.47 Å². The van der Waals surface area contributed by atoms with Crippen LogP contribution in [0.25, 0.3) is 0 Å². The van der Waals surface area contributed by atoms with Gasteiger partial charge in [-0.05, 0) is 25.0 Å². The summed E-state index contributed by atoms with van der Waals surface area (Å²) in [6.07, 6.45) is 1.19. The lowest BCUT2D eigenvalue weighted by Gasteiger charge is -2.43. The molecule has 0 aromatic heterocycles. The van der Waals surface area contributed by atoms with E-state index in [2.05, 4.69) is 4.90 Å². The van der Waals surface area contributed by atoms with E-state index >= 15 is 0 Å². The second-order valence-corrected chi connectivity index (χ2v) is 7.37. The summed E-state index contributed by atoms with van der Waals surface area (Å²) in [5.41, 5.74) is 0.967. The topological polar surface area (TPSA) is 62.2 Å². The molecule has 2 saturated heterocycles. The third kappa shape index (κ3) is 4.03. The van der Waals surface area contributed by atoms with Gasteiger partial charge < -0.3 is 24.4 Å². The van der Waals surface area contributed by atoms with Gasteiger partial charge in [-0.3, -0.25) is 4.79 Å². The van der Waals surface area contributed by atoms with E-state index in [-0.39, 0.29) is 11.8 Å². The van der Waals surface area contributed by atoms with Crippen LogP contribution in [0.1, 0.15) is 30.1 Å². The quantitative estimate of drug-likeness (QED) is 0.865. The molecule has 0 aliphatic carbocycles. The Labute approximate surface area is 155 Å². The minimum absolute atomic E-state index is 0.0194. The molecule has 2 atom stereocenters. The van der Waals surface area contributed by atoms with E-state index in [1.807, 2.05) is 36.1 Å². The standard InChI is InChI=1S/C20H30N2O4/c1-16-15-22(9-7-20(16,24)8-12-25-2)19(23)17-5-3-4-6-18(17)21-10-13-26-14-11-21/h3-6,16,24H,7-15H2,1-2H3/t16-,20-/m0/s1. The number of aliphatic hydroxyl groups is 1. The highest BCUT2D eigenvalue weighted by molar-refractivity contribution is 6.00. The number of amides is 1. The lowest BCUT2D eigenvalue weighted by Crippen LogP contribution is -2.53. The molecule has 2 fully saturated rings. The Bertz CT molecular complexity index is 618. The summed E-state index contributed by atoms with van der Waals surface area (Å²) in [6.45, 7) is 6.68.